The largest absolute Gasteiger partial charge is 0.361 e. The van der Waals surface area contributed by atoms with Crippen molar-refractivity contribution in [2.45, 2.75) is 18.8 Å². The molecule has 114 valence electrons. The van der Waals surface area contributed by atoms with Gasteiger partial charge >= 0.3 is 0 Å². The van der Waals surface area contributed by atoms with Gasteiger partial charge in [0.15, 0.2) is 0 Å². The Hall–Kier alpha value is -1.37. The van der Waals surface area contributed by atoms with Gasteiger partial charge in [-0.2, -0.15) is 17.0 Å². The SMILES string of the molecule is CN(C)S(=O)(=O)N1CCC(c2c[nH]c3ccccc23)CC1. The molecule has 3 rings (SSSR count). The van der Waals surface area contributed by atoms with Crippen LogP contribution in [0.4, 0.5) is 0 Å². The number of hydrogen-bond acceptors (Lipinski definition) is 2. The molecule has 0 bridgehead atoms. The topological polar surface area (TPSA) is 56.4 Å². The number of aromatic nitrogens is 1. The summed E-state index contributed by atoms with van der Waals surface area (Å²) in [5.41, 5.74) is 2.46. The number of nitrogens with zero attached hydrogens (tertiary/aromatic N) is 2. The van der Waals surface area contributed by atoms with Crippen LogP contribution in [0.25, 0.3) is 10.9 Å². The van der Waals surface area contributed by atoms with Crippen molar-refractivity contribution in [2.24, 2.45) is 0 Å². The maximum Gasteiger partial charge on any atom is 0.281 e. The fourth-order valence-electron chi connectivity index (χ4n) is 3.06. The highest BCUT2D eigenvalue weighted by molar-refractivity contribution is 7.86. The molecule has 0 amide bonds. The first-order valence-electron chi connectivity index (χ1n) is 7.24. The highest BCUT2D eigenvalue weighted by Gasteiger charge is 2.30. The summed E-state index contributed by atoms with van der Waals surface area (Å²) in [5.74, 6) is 0.426. The molecule has 0 aliphatic carbocycles. The molecule has 1 fully saturated rings. The van der Waals surface area contributed by atoms with Crippen molar-refractivity contribution in [3.63, 3.8) is 0 Å². The van der Waals surface area contributed by atoms with Crippen molar-refractivity contribution in [1.82, 2.24) is 13.6 Å². The van der Waals surface area contributed by atoms with Gasteiger partial charge in [-0.05, 0) is 30.4 Å². The summed E-state index contributed by atoms with van der Waals surface area (Å²) in [6, 6.07) is 8.27. The Bertz CT molecular complexity index is 728. The van der Waals surface area contributed by atoms with Gasteiger partial charge in [0.1, 0.15) is 0 Å². The average Bonchev–Trinajstić information content (AvgIpc) is 2.91. The lowest BCUT2D eigenvalue weighted by molar-refractivity contribution is 0.303. The summed E-state index contributed by atoms with van der Waals surface area (Å²) in [6.45, 7) is 1.18. The monoisotopic (exact) mass is 307 g/mol. The first kappa shape index (κ1) is 14.6. The second-order valence-corrected chi connectivity index (χ2v) is 7.90. The van der Waals surface area contributed by atoms with Gasteiger partial charge < -0.3 is 4.98 Å². The first-order valence-corrected chi connectivity index (χ1v) is 8.63. The van der Waals surface area contributed by atoms with E-state index in [1.54, 1.807) is 18.4 Å². The summed E-state index contributed by atoms with van der Waals surface area (Å²) in [6.07, 6.45) is 3.81. The number of fused-ring (bicyclic) bond motifs is 1. The lowest BCUT2D eigenvalue weighted by Crippen LogP contribution is -2.44. The fourth-order valence-corrected chi connectivity index (χ4v) is 4.19. The summed E-state index contributed by atoms with van der Waals surface area (Å²) >= 11 is 0. The number of benzene rings is 1. The number of nitrogens with one attached hydrogen (secondary N) is 1. The minimum absolute atomic E-state index is 0.426. The van der Waals surface area contributed by atoms with Crippen LogP contribution in [0.3, 0.4) is 0 Å². The van der Waals surface area contributed by atoms with Crippen LogP contribution >= 0.6 is 0 Å². The van der Waals surface area contributed by atoms with Crippen molar-refractivity contribution < 1.29 is 8.42 Å². The Morgan fingerprint density at radius 2 is 1.86 bits per heavy atom. The number of H-pyrrole nitrogens is 1. The number of hydrogen-bond donors (Lipinski definition) is 1. The van der Waals surface area contributed by atoms with Crippen LogP contribution in [0, 0.1) is 0 Å². The molecular weight excluding hydrogens is 286 g/mol. The van der Waals surface area contributed by atoms with E-state index in [0.29, 0.717) is 19.0 Å². The highest BCUT2D eigenvalue weighted by Crippen LogP contribution is 2.33. The summed E-state index contributed by atoms with van der Waals surface area (Å²) in [5, 5.41) is 1.26. The van der Waals surface area contributed by atoms with Crippen LogP contribution in [0.5, 0.6) is 0 Å². The Kier molecular flexibility index (Phi) is 3.77. The maximum absolute atomic E-state index is 12.1. The van der Waals surface area contributed by atoms with Gasteiger partial charge in [-0.25, -0.2) is 0 Å². The highest BCUT2D eigenvalue weighted by atomic mass is 32.2. The zero-order chi connectivity index (χ0) is 15.0. The van der Waals surface area contributed by atoms with Crippen molar-refractivity contribution in [3.05, 3.63) is 36.0 Å². The van der Waals surface area contributed by atoms with Crippen molar-refractivity contribution in [1.29, 1.82) is 0 Å². The van der Waals surface area contributed by atoms with Crippen molar-refractivity contribution in [3.8, 4) is 0 Å². The van der Waals surface area contributed by atoms with E-state index in [9.17, 15) is 8.42 Å². The van der Waals surface area contributed by atoms with Crippen LogP contribution in [0.15, 0.2) is 30.5 Å². The van der Waals surface area contributed by atoms with Gasteiger partial charge in [0.25, 0.3) is 10.2 Å². The third kappa shape index (κ3) is 2.59. The Morgan fingerprint density at radius 3 is 2.52 bits per heavy atom. The molecule has 2 aromatic rings. The molecule has 0 unspecified atom stereocenters. The molecule has 0 saturated carbocycles. The molecule has 0 radical (unpaired) electrons. The molecule has 1 saturated heterocycles. The minimum atomic E-state index is -3.28. The smallest absolute Gasteiger partial charge is 0.281 e. The van der Waals surface area contributed by atoms with E-state index in [1.165, 1.54) is 15.3 Å². The maximum atomic E-state index is 12.1. The van der Waals surface area contributed by atoms with Crippen LogP contribution in [0.1, 0.15) is 24.3 Å². The third-order valence-electron chi connectivity index (χ3n) is 4.30. The number of aromatic amines is 1. The first-order chi connectivity index (χ1) is 10.00. The molecule has 2 heterocycles. The lowest BCUT2D eigenvalue weighted by atomic mass is 9.90. The molecule has 1 aromatic heterocycles. The third-order valence-corrected chi connectivity index (χ3v) is 6.24. The molecule has 21 heavy (non-hydrogen) atoms. The standard InChI is InChI=1S/C15H21N3O2S/c1-17(2)21(19,20)18-9-7-12(8-10-18)14-11-16-15-6-4-3-5-13(14)15/h3-6,11-12,16H,7-10H2,1-2H3. The summed E-state index contributed by atoms with van der Waals surface area (Å²) in [4.78, 5) is 3.31. The molecule has 1 aliphatic heterocycles. The van der Waals surface area contributed by atoms with Gasteiger partial charge in [-0.15, -0.1) is 0 Å². The van der Waals surface area contributed by atoms with Crippen molar-refractivity contribution in [2.75, 3.05) is 27.2 Å². The quantitative estimate of drug-likeness (QED) is 0.944. The molecule has 0 atom stereocenters. The Labute approximate surface area is 125 Å². The Balaban J connectivity index is 1.77. The predicted molar refractivity (Wildman–Crippen MR) is 84.5 cm³/mol. The van der Waals surface area contributed by atoms with Gasteiger partial charge in [-0.1, -0.05) is 18.2 Å². The Morgan fingerprint density at radius 1 is 1.19 bits per heavy atom. The van der Waals surface area contributed by atoms with Crippen LogP contribution in [-0.4, -0.2) is 49.2 Å². The van der Waals surface area contributed by atoms with Crippen molar-refractivity contribution >= 4 is 21.1 Å². The second kappa shape index (κ2) is 5.44. The van der Waals surface area contributed by atoms with Gasteiger partial charge in [-0.3, -0.25) is 0 Å². The lowest BCUT2D eigenvalue weighted by Gasteiger charge is -2.32. The average molecular weight is 307 g/mol. The van der Waals surface area contributed by atoms with Crippen LogP contribution < -0.4 is 0 Å². The molecule has 0 spiro atoms. The van der Waals surface area contributed by atoms with Gasteiger partial charge in [0.05, 0.1) is 0 Å². The summed E-state index contributed by atoms with van der Waals surface area (Å²) < 4.78 is 27.1. The molecule has 5 nitrogen and oxygen atoms in total. The molecule has 1 N–H and O–H groups in total. The van der Waals surface area contributed by atoms with E-state index in [0.717, 1.165) is 18.4 Å². The zero-order valence-corrected chi connectivity index (χ0v) is 13.2. The van der Waals surface area contributed by atoms with E-state index in [2.05, 4.69) is 23.3 Å². The normalized spacial score (nSPS) is 18.6. The van der Waals surface area contributed by atoms with Crippen LogP contribution in [-0.2, 0) is 10.2 Å². The van der Waals surface area contributed by atoms with Gasteiger partial charge in [0, 0.05) is 44.3 Å². The fraction of sp³-hybridized carbons (Fsp3) is 0.467. The number of rotatable bonds is 3. The van der Waals surface area contributed by atoms with E-state index >= 15 is 0 Å². The predicted octanol–water partition coefficient (Wildman–Crippen LogP) is 2.15. The van der Waals surface area contributed by atoms with E-state index in [1.807, 2.05) is 12.1 Å². The van der Waals surface area contributed by atoms with Gasteiger partial charge in [0.2, 0.25) is 0 Å². The van der Waals surface area contributed by atoms with E-state index in [-0.39, 0.29) is 0 Å². The van der Waals surface area contributed by atoms with E-state index < -0.39 is 10.2 Å². The molecule has 1 aliphatic rings. The number of piperidine rings is 1. The zero-order valence-electron chi connectivity index (χ0n) is 12.4. The second-order valence-electron chi connectivity index (χ2n) is 5.75. The minimum Gasteiger partial charge on any atom is -0.361 e. The molecule has 1 aromatic carbocycles. The summed E-state index contributed by atoms with van der Waals surface area (Å²) in [7, 11) is -0.107. The molecular formula is C15H21N3O2S. The molecule has 6 heteroatoms. The van der Waals surface area contributed by atoms with E-state index in [4.69, 9.17) is 0 Å². The number of para-hydroxylation sites is 1. The van der Waals surface area contributed by atoms with Crippen LogP contribution in [0.2, 0.25) is 0 Å².